The van der Waals surface area contributed by atoms with Gasteiger partial charge in [0.1, 0.15) is 11.5 Å². The summed E-state index contributed by atoms with van der Waals surface area (Å²) in [6.45, 7) is 2.28. The van der Waals surface area contributed by atoms with Crippen LogP contribution in [0.25, 0.3) is 0 Å². The molecule has 1 fully saturated rings. The van der Waals surface area contributed by atoms with E-state index in [1.807, 2.05) is 30.3 Å². The van der Waals surface area contributed by atoms with E-state index in [0.29, 0.717) is 42.1 Å². The van der Waals surface area contributed by atoms with E-state index < -0.39 is 0 Å². The Kier molecular flexibility index (Phi) is 6.30. The number of amides is 2. The maximum absolute atomic E-state index is 15.0. The fourth-order valence-electron chi connectivity index (χ4n) is 5.41. The fraction of sp³-hybridized carbons (Fsp3) is 0.357. The minimum atomic E-state index is -0.360. The van der Waals surface area contributed by atoms with E-state index >= 15 is 0 Å². The molecule has 2 heterocycles. The summed E-state index contributed by atoms with van der Waals surface area (Å²) in [5, 5.41) is 3.02. The number of nitrogens with one attached hydrogen (secondary N) is 1. The van der Waals surface area contributed by atoms with Crippen LogP contribution in [0.3, 0.4) is 0 Å². The highest BCUT2D eigenvalue weighted by molar-refractivity contribution is 5.94. The van der Waals surface area contributed by atoms with Gasteiger partial charge in [0.05, 0.1) is 5.54 Å². The molecule has 0 unspecified atom stereocenters. The lowest BCUT2D eigenvalue weighted by atomic mass is 9.71. The van der Waals surface area contributed by atoms with Gasteiger partial charge < -0.3 is 20.5 Å². The van der Waals surface area contributed by atoms with Crippen molar-refractivity contribution in [1.82, 2.24) is 19.7 Å². The number of aromatic nitrogens is 1. The number of anilines is 1. The van der Waals surface area contributed by atoms with Crippen molar-refractivity contribution in [1.29, 1.82) is 0 Å². The Hall–Kier alpha value is -3.65. The van der Waals surface area contributed by atoms with Gasteiger partial charge in [-0.05, 0) is 61.2 Å². The predicted octanol–water partition coefficient (Wildman–Crippen LogP) is 3.74. The van der Waals surface area contributed by atoms with E-state index in [-0.39, 0.29) is 23.2 Å². The number of carbonyl (C=O) groups is 2. The molecular weight excluding hydrogens is 457 g/mol. The Balaban J connectivity index is 1.33. The number of fused-ring (bicyclic) bond motifs is 2. The molecule has 1 aliphatic heterocycles. The number of hydrogen-bond donors (Lipinski definition) is 2. The van der Waals surface area contributed by atoms with Crippen molar-refractivity contribution >= 4 is 17.5 Å². The van der Waals surface area contributed by atoms with E-state index in [0.717, 1.165) is 37.1 Å². The van der Waals surface area contributed by atoms with Gasteiger partial charge in [0.15, 0.2) is 0 Å². The molecule has 0 bridgehead atoms. The Morgan fingerprint density at radius 2 is 1.81 bits per heavy atom. The standard InChI is InChI=1S/C28H32FN5O2/c1-32(2)27(36)20-6-7-21(23(29)16-20)18-33-14-15-34-24(10-11-25(34)28(33)12-3-13-28)26(35)31-17-19-4-8-22(30)9-5-19/h4-11,16H,3,12-15,17-18,30H2,1-2H3,(H,31,35). The summed E-state index contributed by atoms with van der Waals surface area (Å²) in [5.74, 6) is -0.678. The average Bonchev–Trinajstić information content (AvgIpc) is 3.27. The van der Waals surface area contributed by atoms with Crippen LogP contribution in [0.4, 0.5) is 10.1 Å². The third-order valence-corrected chi connectivity index (χ3v) is 7.57. The quantitative estimate of drug-likeness (QED) is 0.517. The molecule has 1 aliphatic carbocycles. The number of nitrogens with two attached hydrogens (primary N) is 1. The molecule has 2 aromatic carbocycles. The van der Waals surface area contributed by atoms with Crippen molar-refractivity contribution in [3.8, 4) is 0 Å². The summed E-state index contributed by atoms with van der Waals surface area (Å²) in [5.41, 5.74) is 9.94. The third kappa shape index (κ3) is 4.26. The molecule has 0 radical (unpaired) electrons. The maximum Gasteiger partial charge on any atom is 0.268 e. The molecular formula is C28H32FN5O2. The summed E-state index contributed by atoms with van der Waals surface area (Å²) in [7, 11) is 3.31. The fourth-order valence-corrected chi connectivity index (χ4v) is 5.41. The molecule has 7 nitrogen and oxygen atoms in total. The minimum absolute atomic E-state index is 0.104. The highest BCUT2D eigenvalue weighted by Crippen LogP contribution is 2.49. The van der Waals surface area contributed by atoms with Crippen LogP contribution in [-0.2, 0) is 25.2 Å². The summed E-state index contributed by atoms with van der Waals surface area (Å²) in [6, 6.07) is 16.2. The normalized spacial score (nSPS) is 16.3. The van der Waals surface area contributed by atoms with Crippen molar-refractivity contribution < 1.29 is 14.0 Å². The zero-order chi connectivity index (χ0) is 25.4. The second kappa shape index (κ2) is 9.43. The van der Waals surface area contributed by atoms with Gasteiger partial charge in [-0.25, -0.2) is 4.39 Å². The number of benzene rings is 2. The Labute approximate surface area is 210 Å². The first kappa shape index (κ1) is 24.1. The van der Waals surface area contributed by atoms with E-state index in [4.69, 9.17) is 5.73 Å². The van der Waals surface area contributed by atoms with Crippen molar-refractivity contribution in [3.63, 3.8) is 0 Å². The van der Waals surface area contributed by atoms with Crippen LogP contribution in [0.1, 0.15) is 56.9 Å². The molecule has 1 spiro atoms. The monoisotopic (exact) mass is 489 g/mol. The molecule has 0 atom stereocenters. The molecule has 5 rings (SSSR count). The molecule has 3 aromatic rings. The first-order valence-electron chi connectivity index (χ1n) is 12.4. The Morgan fingerprint density at radius 1 is 1.06 bits per heavy atom. The second-order valence-electron chi connectivity index (χ2n) is 9.99. The van der Waals surface area contributed by atoms with E-state index in [2.05, 4.69) is 20.9 Å². The molecule has 36 heavy (non-hydrogen) atoms. The summed E-state index contributed by atoms with van der Waals surface area (Å²) < 4.78 is 17.1. The molecule has 0 saturated heterocycles. The molecule has 2 aliphatic rings. The minimum Gasteiger partial charge on any atom is -0.399 e. The summed E-state index contributed by atoms with van der Waals surface area (Å²) in [4.78, 5) is 29.0. The molecule has 188 valence electrons. The van der Waals surface area contributed by atoms with Crippen molar-refractivity contribution in [2.45, 2.75) is 44.4 Å². The van der Waals surface area contributed by atoms with Crippen LogP contribution in [0, 0.1) is 5.82 Å². The molecule has 1 saturated carbocycles. The Morgan fingerprint density at radius 3 is 2.44 bits per heavy atom. The largest absolute Gasteiger partial charge is 0.399 e. The van der Waals surface area contributed by atoms with Crippen LogP contribution >= 0.6 is 0 Å². The molecule has 8 heteroatoms. The van der Waals surface area contributed by atoms with Gasteiger partial charge in [-0.2, -0.15) is 0 Å². The van der Waals surface area contributed by atoms with Crippen LogP contribution in [0.15, 0.2) is 54.6 Å². The van der Waals surface area contributed by atoms with Crippen LogP contribution in [0.2, 0.25) is 0 Å². The highest BCUT2D eigenvalue weighted by atomic mass is 19.1. The second-order valence-corrected chi connectivity index (χ2v) is 9.99. The maximum atomic E-state index is 15.0. The predicted molar refractivity (Wildman–Crippen MR) is 137 cm³/mol. The van der Waals surface area contributed by atoms with Gasteiger partial charge in [0, 0.05) is 62.8 Å². The van der Waals surface area contributed by atoms with Gasteiger partial charge in [0.2, 0.25) is 0 Å². The molecule has 1 aromatic heterocycles. The number of hydrogen-bond acceptors (Lipinski definition) is 4. The van der Waals surface area contributed by atoms with Gasteiger partial charge >= 0.3 is 0 Å². The first-order valence-corrected chi connectivity index (χ1v) is 12.4. The third-order valence-electron chi connectivity index (χ3n) is 7.57. The summed E-state index contributed by atoms with van der Waals surface area (Å²) >= 11 is 0. The zero-order valence-electron chi connectivity index (χ0n) is 20.8. The SMILES string of the molecule is CN(C)C(=O)c1ccc(CN2CCn3c(C(=O)NCc4ccc(N)cc4)ccc3C23CCC3)c(F)c1. The van der Waals surface area contributed by atoms with Crippen LogP contribution in [-0.4, -0.2) is 46.8 Å². The lowest BCUT2D eigenvalue weighted by Gasteiger charge is -2.53. The molecule has 3 N–H and O–H groups in total. The number of carbonyl (C=O) groups excluding carboxylic acids is 2. The first-order chi connectivity index (χ1) is 17.3. The van der Waals surface area contributed by atoms with E-state index in [9.17, 15) is 14.0 Å². The highest BCUT2D eigenvalue weighted by Gasteiger charge is 2.48. The van der Waals surface area contributed by atoms with E-state index in [1.165, 1.54) is 11.0 Å². The number of rotatable bonds is 6. The molecule has 2 amide bonds. The van der Waals surface area contributed by atoms with Crippen molar-refractivity contribution in [2.75, 3.05) is 26.4 Å². The van der Waals surface area contributed by atoms with Gasteiger partial charge in [-0.15, -0.1) is 0 Å². The van der Waals surface area contributed by atoms with Crippen molar-refractivity contribution in [3.05, 3.63) is 88.5 Å². The average molecular weight is 490 g/mol. The summed E-state index contributed by atoms with van der Waals surface area (Å²) in [6.07, 6.45) is 3.05. The van der Waals surface area contributed by atoms with Gasteiger partial charge in [-0.1, -0.05) is 18.2 Å². The number of halogens is 1. The topological polar surface area (TPSA) is 83.6 Å². The van der Waals surface area contributed by atoms with Crippen molar-refractivity contribution in [2.24, 2.45) is 0 Å². The lowest BCUT2D eigenvalue weighted by Crippen LogP contribution is -2.56. The lowest BCUT2D eigenvalue weighted by molar-refractivity contribution is -0.0223. The van der Waals surface area contributed by atoms with Gasteiger partial charge in [0.25, 0.3) is 11.8 Å². The van der Waals surface area contributed by atoms with Gasteiger partial charge in [-0.3, -0.25) is 14.5 Å². The zero-order valence-corrected chi connectivity index (χ0v) is 20.8. The van der Waals surface area contributed by atoms with Crippen LogP contribution < -0.4 is 11.1 Å². The van der Waals surface area contributed by atoms with E-state index in [1.54, 1.807) is 26.2 Å². The smallest absolute Gasteiger partial charge is 0.268 e. The number of nitrogens with zero attached hydrogens (tertiary/aromatic N) is 3. The Bertz CT molecular complexity index is 1290. The van der Waals surface area contributed by atoms with Crippen LogP contribution in [0.5, 0.6) is 0 Å². The number of nitrogen functional groups attached to an aromatic ring is 1.